The number of hydrogen-bond acceptors (Lipinski definition) is 3. The molecule has 28 heavy (non-hydrogen) atoms. The van der Waals surface area contributed by atoms with Crippen LogP contribution in [0, 0.1) is 0 Å². The molecule has 148 valence electrons. The van der Waals surface area contributed by atoms with E-state index in [9.17, 15) is 13.2 Å². The van der Waals surface area contributed by atoms with Gasteiger partial charge in [-0.1, -0.05) is 24.3 Å². The highest BCUT2D eigenvalue weighted by atomic mass is 32.2. The first-order valence-corrected chi connectivity index (χ1v) is 11.3. The average molecular weight is 399 g/mol. The van der Waals surface area contributed by atoms with Gasteiger partial charge in [0.15, 0.2) is 0 Å². The van der Waals surface area contributed by atoms with E-state index in [1.54, 1.807) is 18.2 Å². The van der Waals surface area contributed by atoms with Crippen LogP contribution in [0.15, 0.2) is 53.4 Å². The van der Waals surface area contributed by atoms with Gasteiger partial charge in [-0.3, -0.25) is 9.10 Å². The van der Waals surface area contributed by atoms with Crippen molar-refractivity contribution in [1.82, 2.24) is 4.90 Å². The first-order chi connectivity index (χ1) is 13.3. The fraction of sp³-hybridized carbons (Fsp3) is 0.409. The van der Waals surface area contributed by atoms with E-state index in [1.807, 2.05) is 29.2 Å². The quantitative estimate of drug-likeness (QED) is 0.789. The Bertz CT molecular complexity index is 1010. The summed E-state index contributed by atoms with van der Waals surface area (Å²) in [6.07, 6.45) is 3.60. The third-order valence-corrected chi connectivity index (χ3v) is 7.69. The summed E-state index contributed by atoms with van der Waals surface area (Å²) >= 11 is 0. The molecule has 0 bridgehead atoms. The number of benzene rings is 2. The van der Waals surface area contributed by atoms with Gasteiger partial charge in [0.1, 0.15) is 0 Å². The summed E-state index contributed by atoms with van der Waals surface area (Å²) in [6, 6.07) is 14.1. The van der Waals surface area contributed by atoms with Crippen LogP contribution in [0.5, 0.6) is 0 Å². The molecule has 0 radical (unpaired) electrons. The Morgan fingerprint density at radius 1 is 1.00 bits per heavy atom. The van der Waals surface area contributed by atoms with Crippen molar-refractivity contribution in [2.75, 3.05) is 17.4 Å². The molecule has 0 spiro atoms. The van der Waals surface area contributed by atoms with Crippen LogP contribution in [-0.2, 0) is 16.4 Å². The van der Waals surface area contributed by atoms with Crippen LogP contribution in [0.25, 0.3) is 0 Å². The van der Waals surface area contributed by atoms with Crippen molar-refractivity contribution in [1.29, 1.82) is 0 Å². The molecule has 0 unspecified atom stereocenters. The molecule has 6 heteroatoms. The molecular weight excluding hydrogens is 372 g/mol. The molecule has 2 aromatic carbocycles. The minimum Gasteiger partial charge on any atom is -0.334 e. The van der Waals surface area contributed by atoms with Gasteiger partial charge in [0.05, 0.1) is 10.6 Å². The number of para-hydroxylation sites is 1. The molecule has 5 nitrogen and oxygen atoms in total. The van der Waals surface area contributed by atoms with E-state index in [1.165, 1.54) is 10.4 Å². The van der Waals surface area contributed by atoms with Crippen molar-refractivity contribution >= 4 is 21.6 Å². The van der Waals surface area contributed by atoms with Crippen LogP contribution in [0.3, 0.4) is 0 Å². The molecule has 1 fully saturated rings. The van der Waals surface area contributed by atoms with Gasteiger partial charge in [0.25, 0.3) is 15.9 Å². The zero-order valence-electron chi connectivity index (χ0n) is 16.4. The van der Waals surface area contributed by atoms with Crippen LogP contribution in [-0.4, -0.2) is 37.9 Å². The van der Waals surface area contributed by atoms with Gasteiger partial charge in [0.2, 0.25) is 0 Å². The van der Waals surface area contributed by atoms with Crippen LogP contribution in [0.1, 0.15) is 49.0 Å². The predicted octanol–water partition coefficient (Wildman–Crippen LogP) is 3.84. The van der Waals surface area contributed by atoms with Crippen LogP contribution in [0.2, 0.25) is 0 Å². The minimum atomic E-state index is -3.72. The zero-order chi connectivity index (χ0) is 19.9. The van der Waals surface area contributed by atoms with Crippen molar-refractivity contribution < 1.29 is 13.2 Å². The van der Waals surface area contributed by atoms with Gasteiger partial charge in [-0.25, -0.2) is 8.42 Å². The van der Waals surface area contributed by atoms with Crippen LogP contribution < -0.4 is 4.31 Å². The van der Waals surface area contributed by atoms with E-state index in [4.69, 9.17) is 0 Å². The fourth-order valence-corrected chi connectivity index (χ4v) is 5.89. The molecule has 4 rings (SSSR count). The standard InChI is InChI=1S/C22H26N2O3S/c1-22(2)13-7-14-23(22)21(25)18-9-5-11-19(16-18)28(26,27)24-15-6-10-17-8-3-4-12-20(17)24/h3-5,8-9,11-12,16H,6-7,10,13-15H2,1-2H3. The molecule has 0 N–H and O–H groups in total. The Morgan fingerprint density at radius 2 is 1.79 bits per heavy atom. The normalized spacial score (nSPS) is 18.8. The second kappa shape index (κ2) is 6.92. The number of fused-ring (bicyclic) bond motifs is 1. The lowest BCUT2D eigenvalue weighted by atomic mass is 10.0. The lowest BCUT2D eigenvalue weighted by molar-refractivity contribution is 0.0651. The number of aryl methyl sites for hydroxylation is 1. The topological polar surface area (TPSA) is 57.7 Å². The van der Waals surface area contributed by atoms with E-state index in [2.05, 4.69) is 13.8 Å². The maximum atomic E-state index is 13.4. The first kappa shape index (κ1) is 19.0. The maximum absolute atomic E-state index is 13.4. The van der Waals surface area contributed by atoms with Crippen LogP contribution >= 0.6 is 0 Å². The number of carbonyl (C=O) groups excluding carboxylic acids is 1. The predicted molar refractivity (Wildman–Crippen MR) is 110 cm³/mol. The number of carbonyl (C=O) groups is 1. The maximum Gasteiger partial charge on any atom is 0.264 e. The van der Waals surface area contributed by atoms with Crippen molar-refractivity contribution in [2.24, 2.45) is 0 Å². The number of hydrogen-bond donors (Lipinski definition) is 0. The summed E-state index contributed by atoms with van der Waals surface area (Å²) in [6.45, 7) is 5.28. The van der Waals surface area contributed by atoms with E-state index >= 15 is 0 Å². The van der Waals surface area contributed by atoms with Gasteiger partial charge in [-0.15, -0.1) is 0 Å². The Hall–Kier alpha value is -2.34. The molecule has 2 aliphatic heterocycles. The Balaban J connectivity index is 1.69. The van der Waals surface area contributed by atoms with Crippen molar-refractivity contribution in [3.05, 3.63) is 59.7 Å². The number of likely N-dealkylation sites (tertiary alicyclic amines) is 1. The monoisotopic (exact) mass is 398 g/mol. The molecule has 1 saturated heterocycles. The SMILES string of the molecule is CC1(C)CCCN1C(=O)c1cccc(S(=O)(=O)N2CCCc3ccccc32)c1. The van der Waals surface area contributed by atoms with Crippen molar-refractivity contribution in [2.45, 2.75) is 50.0 Å². The number of sulfonamides is 1. The number of rotatable bonds is 3. The Labute approximate surface area is 167 Å². The zero-order valence-corrected chi connectivity index (χ0v) is 17.2. The summed E-state index contributed by atoms with van der Waals surface area (Å²) in [7, 11) is -3.72. The lowest BCUT2D eigenvalue weighted by Gasteiger charge is -2.32. The second-order valence-corrected chi connectivity index (χ2v) is 10.1. The van der Waals surface area contributed by atoms with E-state index in [0.717, 1.165) is 36.9 Å². The highest BCUT2D eigenvalue weighted by molar-refractivity contribution is 7.92. The molecular formula is C22H26N2O3S. The van der Waals surface area contributed by atoms with Gasteiger partial charge in [0, 0.05) is 24.2 Å². The third kappa shape index (κ3) is 3.20. The first-order valence-electron chi connectivity index (χ1n) is 9.83. The molecule has 0 aromatic heterocycles. The molecule has 0 aliphatic carbocycles. The fourth-order valence-electron chi connectivity index (χ4n) is 4.31. The molecule has 2 aliphatic rings. The van der Waals surface area contributed by atoms with Crippen LogP contribution in [0.4, 0.5) is 5.69 Å². The largest absolute Gasteiger partial charge is 0.334 e. The summed E-state index contributed by atoms with van der Waals surface area (Å²) in [5.74, 6) is -0.0985. The number of anilines is 1. The summed E-state index contributed by atoms with van der Waals surface area (Å²) in [5.41, 5.74) is 2.02. The highest BCUT2D eigenvalue weighted by Crippen LogP contribution is 2.33. The molecule has 2 heterocycles. The van der Waals surface area contributed by atoms with Gasteiger partial charge < -0.3 is 4.90 Å². The van der Waals surface area contributed by atoms with Crippen molar-refractivity contribution in [3.8, 4) is 0 Å². The second-order valence-electron chi connectivity index (χ2n) is 8.21. The number of nitrogens with zero attached hydrogens (tertiary/aromatic N) is 2. The van der Waals surface area contributed by atoms with Gasteiger partial charge in [-0.2, -0.15) is 0 Å². The van der Waals surface area contributed by atoms with Crippen molar-refractivity contribution in [3.63, 3.8) is 0 Å². The van der Waals surface area contributed by atoms with Gasteiger partial charge >= 0.3 is 0 Å². The smallest absolute Gasteiger partial charge is 0.264 e. The molecule has 1 amide bonds. The lowest BCUT2D eigenvalue weighted by Crippen LogP contribution is -2.42. The number of amides is 1. The van der Waals surface area contributed by atoms with E-state index in [0.29, 0.717) is 18.7 Å². The van der Waals surface area contributed by atoms with E-state index < -0.39 is 10.0 Å². The highest BCUT2D eigenvalue weighted by Gasteiger charge is 2.36. The summed E-state index contributed by atoms with van der Waals surface area (Å²) < 4.78 is 28.2. The van der Waals surface area contributed by atoms with E-state index in [-0.39, 0.29) is 16.3 Å². The molecule has 2 aromatic rings. The minimum absolute atomic E-state index is 0.0985. The Morgan fingerprint density at radius 3 is 2.54 bits per heavy atom. The molecule has 0 atom stereocenters. The summed E-state index contributed by atoms with van der Waals surface area (Å²) in [4.78, 5) is 15.1. The Kier molecular flexibility index (Phi) is 4.70. The average Bonchev–Trinajstić information content (AvgIpc) is 3.06. The summed E-state index contributed by atoms with van der Waals surface area (Å²) in [5, 5.41) is 0. The van der Waals surface area contributed by atoms with Gasteiger partial charge in [-0.05, 0) is 69.4 Å². The third-order valence-electron chi connectivity index (χ3n) is 5.88. The molecule has 0 saturated carbocycles.